The second-order valence-corrected chi connectivity index (χ2v) is 5.43. The normalized spacial score (nSPS) is 10.7. The van der Waals surface area contributed by atoms with E-state index in [-0.39, 0.29) is 0 Å². The Balaban J connectivity index is 2.29. The molecule has 0 bridgehead atoms. The van der Waals surface area contributed by atoms with Crippen LogP contribution in [0.15, 0.2) is 18.2 Å². The van der Waals surface area contributed by atoms with Crippen LogP contribution in [0, 0.1) is 6.92 Å². The van der Waals surface area contributed by atoms with E-state index in [1.165, 1.54) is 11.3 Å². The molecule has 0 radical (unpaired) electrons. The minimum absolute atomic E-state index is 0.616. The number of halogens is 1. The van der Waals surface area contributed by atoms with Crippen molar-refractivity contribution in [3.05, 3.63) is 23.8 Å². The molecule has 0 amide bonds. The van der Waals surface area contributed by atoms with Crippen LogP contribution in [0.1, 0.15) is 12.5 Å². The fraction of sp³-hybridized carbons (Fsp3) is 0.625. The van der Waals surface area contributed by atoms with Crippen molar-refractivity contribution in [3.63, 3.8) is 0 Å². The molecule has 0 aliphatic carbocycles. The zero-order valence-electron chi connectivity index (χ0n) is 13.7. The number of nitrogens with one attached hydrogen (secondary N) is 1. The average molecular weight is 422 g/mol. The zero-order chi connectivity index (χ0) is 16.2. The molecule has 1 aromatic carbocycles. The lowest BCUT2D eigenvalue weighted by Gasteiger charge is -2.24. The largest absolute Gasteiger partial charge is 0.382 e. The Morgan fingerprint density at radius 1 is 1.09 bits per heavy atom. The molecule has 126 valence electrons. The Kier molecular flexibility index (Phi) is 10.6. The predicted octanol–water partition coefficient (Wildman–Crippen LogP) is 3.26. The molecule has 0 heterocycles. The van der Waals surface area contributed by atoms with E-state index in [1.54, 1.807) is 7.11 Å². The summed E-state index contributed by atoms with van der Waals surface area (Å²) in [4.78, 5) is 2.32. The first-order valence-electron chi connectivity index (χ1n) is 7.59. The third kappa shape index (κ3) is 7.13. The maximum atomic E-state index is 5.62. The van der Waals surface area contributed by atoms with E-state index >= 15 is 0 Å². The van der Waals surface area contributed by atoms with Gasteiger partial charge in [-0.2, -0.15) is 0 Å². The fourth-order valence-electron chi connectivity index (χ4n) is 2.06. The van der Waals surface area contributed by atoms with Crippen LogP contribution in [-0.2, 0) is 14.2 Å². The lowest BCUT2D eigenvalue weighted by molar-refractivity contribution is 0.0265. The summed E-state index contributed by atoms with van der Waals surface area (Å²) >= 11 is 2.16. The summed E-state index contributed by atoms with van der Waals surface area (Å²) in [6.07, 6.45) is 0. The van der Waals surface area contributed by atoms with Crippen molar-refractivity contribution >= 4 is 34.2 Å². The van der Waals surface area contributed by atoms with Crippen molar-refractivity contribution in [2.75, 3.05) is 61.7 Å². The second kappa shape index (κ2) is 11.9. The van der Waals surface area contributed by atoms with Crippen LogP contribution < -0.4 is 8.43 Å². The molecule has 1 aromatic rings. The van der Waals surface area contributed by atoms with Crippen LogP contribution in [-0.4, -0.2) is 53.2 Å². The number of rotatable bonds is 12. The van der Waals surface area contributed by atoms with Gasteiger partial charge in [-0.3, -0.25) is 0 Å². The first kappa shape index (κ1) is 19.5. The van der Waals surface area contributed by atoms with E-state index in [0.29, 0.717) is 33.0 Å². The number of methoxy groups -OCH3 is 1. The quantitative estimate of drug-likeness (QED) is 0.318. The van der Waals surface area contributed by atoms with Gasteiger partial charge in [-0.05, 0) is 37.6 Å². The number of nitrogens with zero attached hydrogens (tertiary/aromatic N) is 1. The highest BCUT2D eigenvalue weighted by Crippen LogP contribution is 2.23. The minimum Gasteiger partial charge on any atom is -0.382 e. The maximum Gasteiger partial charge on any atom is 0.0701 e. The van der Waals surface area contributed by atoms with Crippen molar-refractivity contribution in [1.29, 1.82) is 0 Å². The molecule has 0 fully saturated rings. The predicted molar refractivity (Wildman–Crippen MR) is 100 cm³/mol. The second-order valence-electron chi connectivity index (χ2n) is 4.89. The summed E-state index contributed by atoms with van der Waals surface area (Å²) in [6, 6.07) is 6.47. The molecule has 0 aromatic heterocycles. The van der Waals surface area contributed by atoms with Gasteiger partial charge in [0.1, 0.15) is 0 Å². The van der Waals surface area contributed by atoms with Gasteiger partial charge >= 0.3 is 0 Å². The third-order valence-corrected chi connectivity index (χ3v) is 3.95. The summed E-state index contributed by atoms with van der Waals surface area (Å²) < 4.78 is 19.1. The van der Waals surface area contributed by atoms with Crippen LogP contribution in [0.25, 0.3) is 0 Å². The van der Waals surface area contributed by atoms with E-state index in [9.17, 15) is 0 Å². The summed E-state index contributed by atoms with van der Waals surface area (Å²) in [7, 11) is 1.67. The average Bonchev–Trinajstić information content (AvgIpc) is 2.53. The molecule has 0 aliphatic rings. The highest BCUT2D eigenvalue weighted by Gasteiger charge is 2.06. The summed E-state index contributed by atoms with van der Waals surface area (Å²) in [6.45, 7) is 9.31. The number of aryl methyl sites for hydroxylation is 1. The van der Waals surface area contributed by atoms with Crippen molar-refractivity contribution in [3.8, 4) is 0 Å². The fourth-order valence-corrected chi connectivity index (χ4v) is 2.66. The molecule has 1 rings (SSSR count). The van der Waals surface area contributed by atoms with Crippen molar-refractivity contribution in [1.82, 2.24) is 0 Å². The number of hydrogen-bond donors (Lipinski definition) is 1. The van der Waals surface area contributed by atoms with Crippen LogP contribution >= 0.6 is 22.9 Å². The van der Waals surface area contributed by atoms with Gasteiger partial charge < -0.3 is 22.6 Å². The topological polar surface area (TPSA) is 43.0 Å². The summed E-state index contributed by atoms with van der Waals surface area (Å²) in [5.74, 6) is 0. The van der Waals surface area contributed by atoms with Crippen molar-refractivity contribution in [2.45, 2.75) is 13.8 Å². The Morgan fingerprint density at radius 3 is 2.36 bits per heavy atom. The first-order valence-corrected chi connectivity index (χ1v) is 8.67. The zero-order valence-corrected chi connectivity index (χ0v) is 15.9. The Morgan fingerprint density at radius 2 is 1.77 bits per heavy atom. The number of anilines is 2. The smallest absolute Gasteiger partial charge is 0.0701 e. The van der Waals surface area contributed by atoms with Crippen LogP contribution in [0.2, 0.25) is 0 Å². The van der Waals surface area contributed by atoms with Crippen molar-refractivity contribution in [2.24, 2.45) is 0 Å². The first-order chi connectivity index (χ1) is 10.7. The van der Waals surface area contributed by atoms with Gasteiger partial charge in [0.25, 0.3) is 0 Å². The van der Waals surface area contributed by atoms with Gasteiger partial charge in [-0.25, -0.2) is 0 Å². The van der Waals surface area contributed by atoms with E-state index < -0.39 is 0 Å². The van der Waals surface area contributed by atoms with Gasteiger partial charge in [0.2, 0.25) is 0 Å². The number of likely N-dealkylation sites (N-methyl/N-ethyl adjacent to an activating group) is 1. The van der Waals surface area contributed by atoms with E-state index in [0.717, 1.165) is 18.8 Å². The van der Waals surface area contributed by atoms with Crippen LogP contribution in [0.5, 0.6) is 0 Å². The maximum absolute atomic E-state index is 5.62. The molecule has 1 N–H and O–H groups in total. The Labute approximate surface area is 147 Å². The highest BCUT2D eigenvalue weighted by atomic mass is 127. The summed E-state index contributed by atoms with van der Waals surface area (Å²) in [5.41, 5.74) is 3.64. The number of benzene rings is 1. The van der Waals surface area contributed by atoms with E-state index in [4.69, 9.17) is 14.2 Å². The van der Waals surface area contributed by atoms with Gasteiger partial charge in [-0.1, -0.05) is 0 Å². The molecule has 0 atom stereocenters. The molecule has 5 nitrogen and oxygen atoms in total. The number of ether oxygens (including phenoxy) is 3. The lowest BCUT2D eigenvalue weighted by atomic mass is 10.1. The minimum atomic E-state index is 0.616. The van der Waals surface area contributed by atoms with Gasteiger partial charge in [-0.15, -0.1) is 0 Å². The molecule has 0 spiro atoms. The SMILES string of the molecule is CCN(CCOCCOCCOC)c1ccc(NI)c(C)c1. The number of hydrogen-bond acceptors (Lipinski definition) is 5. The molecule has 0 unspecified atom stereocenters. The molecule has 6 heteroatoms. The molecule has 0 aliphatic heterocycles. The van der Waals surface area contributed by atoms with E-state index in [1.807, 2.05) is 0 Å². The van der Waals surface area contributed by atoms with Gasteiger partial charge in [0.15, 0.2) is 0 Å². The Bertz CT molecular complexity index is 418. The van der Waals surface area contributed by atoms with E-state index in [2.05, 4.69) is 63.3 Å². The monoisotopic (exact) mass is 422 g/mol. The van der Waals surface area contributed by atoms with Gasteiger partial charge in [0, 0.05) is 31.6 Å². The summed E-state index contributed by atoms with van der Waals surface area (Å²) in [5, 5.41) is 0. The van der Waals surface area contributed by atoms with Gasteiger partial charge in [0.05, 0.1) is 55.9 Å². The van der Waals surface area contributed by atoms with Crippen molar-refractivity contribution < 1.29 is 14.2 Å². The molecular weight excluding hydrogens is 395 g/mol. The lowest BCUT2D eigenvalue weighted by Crippen LogP contribution is -2.27. The molecule has 0 saturated carbocycles. The standard InChI is InChI=1S/C16H27IN2O3/c1-4-19(7-8-21-11-12-22-10-9-20-3)15-5-6-16(18-17)14(2)13-15/h5-6,13,18H,4,7-12H2,1-3H3. The van der Waals surface area contributed by atoms with Crippen LogP contribution in [0.3, 0.4) is 0 Å². The highest BCUT2D eigenvalue weighted by molar-refractivity contribution is 14.1. The third-order valence-electron chi connectivity index (χ3n) is 3.37. The molecule has 22 heavy (non-hydrogen) atoms. The Hall–Kier alpha value is -0.570. The van der Waals surface area contributed by atoms with Crippen LogP contribution in [0.4, 0.5) is 11.4 Å². The molecule has 0 saturated heterocycles. The molecular formula is C16H27IN2O3.